The van der Waals surface area contributed by atoms with Crippen LogP contribution in [-0.4, -0.2) is 59.7 Å². The Balaban J connectivity index is 2.03. The maximum absolute atomic E-state index is 10.5. The molecule has 2 heterocycles. The van der Waals surface area contributed by atoms with Gasteiger partial charge in [-0.05, 0) is 34.6 Å². The molecule has 106 valence electrons. The number of aliphatic hydroxyl groups excluding tert-OH is 1. The summed E-state index contributed by atoms with van der Waals surface area (Å²) in [6, 6.07) is 0. The molecule has 0 aliphatic carbocycles. The van der Waals surface area contributed by atoms with Crippen LogP contribution in [-0.2, 0) is 9.47 Å². The molecule has 0 spiro atoms. The summed E-state index contributed by atoms with van der Waals surface area (Å²) >= 11 is 0. The van der Waals surface area contributed by atoms with E-state index in [-0.39, 0.29) is 17.6 Å². The minimum atomic E-state index is -0.452. The van der Waals surface area contributed by atoms with Crippen molar-refractivity contribution in [3.05, 3.63) is 0 Å². The molecule has 2 fully saturated rings. The molecule has 0 aromatic heterocycles. The zero-order valence-corrected chi connectivity index (χ0v) is 12.3. The highest BCUT2D eigenvalue weighted by molar-refractivity contribution is 5.02. The van der Waals surface area contributed by atoms with Gasteiger partial charge in [0.15, 0.2) is 0 Å². The molecule has 0 saturated carbocycles. The quantitative estimate of drug-likeness (QED) is 0.809. The summed E-state index contributed by atoms with van der Waals surface area (Å²) in [6.45, 7) is 13.8. The molecule has 2 saturated heterocycles. The zero-order valence-electron chi connectivity index (χ0n) is 12.3. The Morgan fingerprint density at radius 2 is 1.89 bits per heavy atom. The maximum Gasteiger partial charge on any atom is 0.0896 e. The van der Waals surface area contributed by atoms with Crippen molar-refractivity contribution < 1.29 is 14.6 Å². The average Bonchev–Trinajstić information content (AvgIpc) is 2.37. The molecule has 2 aliphatic rings. The summed E-state index contributed by atoms with van der Waals surface area (Å²) in [6.07, 6.45) is -0.125. The van der Waals surface area contributed by atoms with Crippen molar-refractivity contribution in [2.75, 3.05) is 26.2 Å². The Morgan fingerprint density at radius 3 is 2.39 bits per heavy atom. The molecule has 18 heavy (non-hydrogen) atoms. The molecule has 0 aromatic carbocycles. The van der Waals surface area contributed by atoms with Crippen LogP contribution in [0.4, 0.5) is 0 Å². The standard InChI is InChI=1S/C14H27NO3/c1-10-8-15(6-7-17-10)9-11-12(16)14(4,5)18-13(11,2)3/h10-12,16H,6-9H2,1-5H3. The van der Waals surface area contributed by atoms with Crippen LogP contribution in [0.2, 0.25) is 0 Å². The summed E-state index contributed by atoms with van der Waals surface area (Å²) < 4.78 is 11.6. The number of hydrogen-bond acceptors (Lipinski definition) is 4. The van der Waals surface area contributed by atoms with E-state index in [1.165, 1.54) is 0 Å². The van der Waals surface area contributed by atoms with Crippen LogP contribution in [0.25, 0.3) is 0 Å². The van der Waals surface area contributed by atoms with E-state index in [0.29, 0.717) is 0 Å². The summed E-state index contributed by atoms with van der Waals surface area (Å²) in [4.78, 5) is 2.38. The Kier molecular flexibility index (Phi) is 3.76. The number of ether oxygens (including phenoxy) is 2. The van der Waals surface area contributed by atoms with E-state index < -0.39 is 11.7 Å². The van der Waals surface area contributed by atoms with Crippen molar-refractivity contribution >= 4 is 0 Å². The van der Waals surface area contributed by atoms with Crippen molar-refractivity contribution in [2.45, 2.75) is 58.0 Å². The van der Waals surface area contributed by atoms with E-state index in [0.717, 1.165) is 26.2 Å². The fourth-order valence-electron chi connectivity index (χ4n) is 3.33. The van der Waals surface area contributed by atoms with Crippen LogP contribution in [0.15, 0.2) is 0 Å². The molecule has 3 atom stereocenters. The zero-order chi connectivity index (χ0) is 13.6. The minimum absolute atomic E-state index is 0.151. The number of morpholine rings is 1. The molecule has 4 heteroatoms. The molecule has 2 aliphatic heterocycles. The molecule has 0 amide bonds. The van der Waals surface area contributed by atoms with Gasteiger partial charge >= 0.3 is 0 Å². The third-order valence-corrected chi connectivity index (χ3v) is 4.29. The van der Waals surface area contributed by atoms with Crippen LogP contribution < -0.4 is 0 Å². The number of nitrogens with zero attached hydrogens (tertiary/aromatic N) is 1. The van der Waals surface area contributed by atoms with Crippen LogP contribution in [0.3, 0.4) is 0 Å². The van der Waals surface area contributed by atoms with Crippen molar-refractivity contribution in [3.8, 4) is 0 Å². The summed E-state index contributed by atoms with van der Waals surface area (Å²) in [5.41, 5.74) is -0.726. The fourth-order valence-corrected chi connectivity index (χ4v) is 3.33. The van der Waals surface area contributed by atoms with Gasteiger partial charge in [0.25, 0.3) is 0 Å². The van der Waals surface area contributed by atoms with Crippen molar-refractivity contribution in [1.82, 2.24) is 4.90 Å². The first kappa shape index (κ1) is 14.3. The van der Waals surface area contributed by atoms with Crippen molar-refractivity contribution in [2.24, 2.45) is 5.92 Å². The first-order chi connectivity index (χ1) is 8.22. The lowest BCUT2D eigenvalue weighted by atomic mass is 9.84. The lowest BCUT2D eigenvalue weighted by Gasteiger charge is -2.36. The van der Waals surface area contributed by atoms with Crippen LogP contribution in [0.1, 0.15) is 34.6 Å². The highest BCUT2D eigenvalue weighted by atomic mass is 16.5. The summed E-state index contributed by atoms with van der Waals surface area (Å²) in [7, 11) is 0. The monoisotopic (exact) mass is 257 g/mol. The van der Waals surface area contributed by atoms with Crippen LogP contribution in [0.5, 0.6) is 0 Å². The second-order valence-corrected chi connectivity index (χ2v) is 6.80. The highest BCUT2D eigenvalue weighted by Crippen LogP contribution is 2.42. The second-order valence-electron chi connectivity index (χ2n) is 6.80. The van der Waals surface area contributed by atoms with Gasteiger partial charge in [-0.3, -0.25) is 4.90 Å². The largest absolute Gasteiger partial charge is 0.390 e. The van der Waals surface area contributed by atoms with Crippen molar-refractivity contribution in [3.63, 3.8) is 0 Å². The number of aliphatic hydroxyl groups is 1. The van der Waals surface area contributed by atoms with Gasteiger partial charge in [-0.25, -0.2) is 0 Å². The van der Waals surface area contributed by atoms with Gasteiger partial charge in [0.2, 0.25) is 0 Å². The summed E-state index contributed by atoms with van der Waals surface area (Å²) in [5.74, 6) is 0.151. The molecule has 2 rings (SSSR count). The van der Waals surface area contributed by atoms with E-state index in [4.69, 9.17) is 9.47 Å². The molecule has 3 unspecified atom stereocenters. The average molecular weight is 257 g/mol. The fraction of sp³-hybridized carbons (Fsp3) is 1.00. The third-order valence-electron chi connectivity index (χ3n) is 4.29. The Bertz CT molecular complexity index is 303. The number of rotatable bonds is 2. The molecule has 0 bridgehead atoms. The van der Waals surface area contributed by atoms with Gasteiger partial charge in [-0.1, -0.05) is 0 Å². The number of hydrogen-bond donors (Lipinski definition) is 1. The van der Waals surface area contributed by atoms with Crippen LogP contribution >= 0.6 is 0 Å². The highest BCUT2D eigenvalue weighted by Gasteiger charge is 2.53. The topological polar surface area (TPSA) is 41.9 Å². The van der Waals surface area contributed by atoms with Gasteiger partial charge < -0.3 is 14.6 Å². The van der Waals surface area contributed by atoms with Gasteiger partial charge in [0.05, 0.1) is 30.0 Å². The smallest absolute Gasteiger partial charge is 0.0896 e. The lowest BCUT2D eigenvalue weighted by molar-refractivity contribution is -0.0924. The molecule has 1 N–H and O–H groups in total. The van der Waals surface area contributed by atoms with Crippen molar-refractivity contribution in [1.29, 1.82) is 0 Å². The predicted molar refractivity (Wildman–Crippen MR) is 70.6 cm³/mol. The van der Waals surface area contributed by atoms with Gasteiger partial charge in [-0.2, -0.15) is 0 Å². The molecule has 0 radical (unpaired) electrons. The third kappa shape index (κ3) is 2.72. The van der Waals surface area contributed by atoms with Crippen LogP contribution in [0, 0.1) is 5.92 Å². The normalized spacial score (nSPS) is 40.0. The van der Waals surface area contributed by atoms with E-state index >= 15 is 0 Å². The Labute approximate surface area is 110 Å². The van der Waals surface area contributed by atoms with Gasteiger partial charge in [0.1, 0.15) is 0 Å². The van der Waals surface area contributed by atoms with E-state index in [1.807, 2.05) is 13.8 Å². The SMILES string of the molecule is CC1CN(CC2C(O)C(C)(C)OC2(C)C)CCO1. The molecular weight excluding hydrogens is 230 g/mol. The van der Waals surface area contributed by atoms with Gasteiger partial charge in [-0.15, -0.1) is 0 Å². The Morgan fingerprint density at radius 1 is 1.22 bits per heavy atom. The Hall–Kier alpha value is -0.160. The minimum Gasteiger partial charge on any atom is -0.390 e. The van der Waals surface area contributed by atoms with Gasteiger partial charge in [0, 0.05) is 25.6 Å². The molecular formula is C14H27NO3. The molecule has 0 aromatic rings. The summed E-state index contributed by atoms with van der Waals surface area (Å²) in [5, 5.41) is 10.5. The maximum atomic E-state index is 10.5. The lowest BCUT2D eigenvalue weighted by Crippen LogP contribution is -2.48. The van der Waals surface area contributed by atoms with E-state index in [2.05, 4.69) is 25.7 Å². The molecule has 4 nitrogen and oxygen atoms in total. The van der Waals surface area contributed by atoms with E-state index in [9.17, 15) is 5.11 Å². The second kappa shape index (κ2) is 4.75. The van der Waals surface area contributed by atoms with E-state index in [1.54, 1.807) is 0 Å². The predicted octanol–water partition coefficient (Wildman–Crippen LogP) is 1.27. The first-order valence-corrected chi connectivity index (χ1v) is 6.94. The first-order valence-electron chi connectivity index (χ1n) is 6.94.